The van der Waals surface area contributed by atoms with Crippen molar-refractivity contribution in [2.75, 3.05) is 0 Å². The number of Topliss-reactive ketones (excluding diaryl/α,β-unsaturated/α-hetero) is 3. The summed E-state index contributed by atoms with van der Waals surface area (Å²) in [6.45, 7) is 0. The molecule has 0 atom stereocenters. The van der Waals surface area contributed by atoms with Crippen LogP contribution in [0.2, 0.25) is 0 Å². The Morgan fingerprint density at radius 2 is 0.815 bits per heavy atom. The van der Waals surface area contributed by atoms with E-state index in [0.29, 0.717) is 0 Å². The fraction of sp³-hybridized carbons (Fsp3) is 0.0455. The molecule has 0 aromatic heterocycles. The summed E-state index contributed by atoms with van der Waals surface area (Å²) in [5, 5.41) is 3.10. The van der Waals surface area contributed by atoms with Gasteiger partial charge in [0, 0.05) is 16.7 Å². The van der Waals surface area contributed by atoms with Gasteiger partial charge in [0.1, 0.15) is 0 Å². The molecular formula is C22H15N2O3. The fourth-order valence-electron chi connectivity index (χ4n) is 2.84. The Kier molecular flexibility index (Phi) is 5.13. The number of benzene rings is 3. The molecule has 0 saturated heterocycles. The second-order valence-electron chi connectivity index (χ2n) is 5.90. The standard InChI is InChI=1S/C22H15N2O3/c23-24-22(19(25)16-10-4-1-5-11-16,20(26)17-12-6-2-7-13-17)21(27)18-14-8-3-9-15-18/h1-15H. The van der Waals surface area contributed by atoms with Gasteiger partial charge in [-0.15, -0.1) is 5.11 Å². The smallest absolute Gasteiger partial charge is 0.270 e. The highest BCUT2D eigenvalue weighted by atomic mass is 16.2. The molecule has 0 N–H and O–H groups in total. The molecule has 5 nitrogen and oxygen atoms in total. The van der Waals surface area contributed by atoms with E-state index in [1.165, 1.54) is 36.4 Å². The molecule has 0 aliphatic carbocycles. The first-order chi connectivity index (χ1) is 13.1. The largest absolute Gasteiger partial charge is 0.290 e. The molecule has 0 spiro atoms. The summed E-state index contributed by atoms with van der Waals surface area (Å²) in [5.74, 6) is -2.64. The van der Waals surface area contributed by atoms with Gasteiger partial charge in [-0.05, 0) is 5.53 Å². The van der Waals surface area contributed by atoms with Gasteiger partial charge in [-0.1, -0.05) is 91.0 Å². The van der Waals surface area contributed by atoms with Gasteiger partial charge in [0.25, 0.3) is 5.54 Å². The van der Waals surface area contributed by atoms with Crippen LogP contribution in [0, 0.1) is 0 Å². The summed E-state index contributed by atoms with van der Waals surface area (Å²) in [6.07, 6.45) is 0. The molecule has 0 aliphatic heterocycles. The van der Waals surface area contributed by atoms with Crippen molar-refractivity contribution < 1.29 is 14.4 Å². The average Bonchev–Trinajstić information content (AvgIpc) is 2.76. The molecule has 5 heteroatoms. The van der Waals surface area contributed by atoms with Gasteiger partial charge < -0.3 is 0 Å². The number of carbonyl (C=O) groups excluding carboxylic acids is 3. The maximum absolute atomic E-state index is 13.2. The normalized spacial score (nSPS) is 10.8. The minimum atomic E-state index is -2.61. The Hall–Kier alpha value is -3.73. The zero-order valence-corrected chi connectivity index (χ0v) is 14.3. The number of carbonyl (C=O) groups is 3. The maximum atomic E-state index is 13.2. The van der Waals surface area contributed by atoms with Gasteiger partial charge in [0.15, 0.2) is 0 Å². The molecule has 0 amide bonds. The van der Waals surface area contributed by atoms with Crippen LogP contribution in [-0.2, 0) is 0 Å². The van der Waals surface area contributed by atoms with Crippen molar-refractivity contribution in [1.82, 2.24) is 5.53 Å². The van der Waals surface area contributed by atoms with Gasteiger partial charge in [0.2, 0.25) is 17.3 Å². The Bertz CT molecular complexity index is 859. The lowest BCUT2D eigenvalue weighted by Gasteiger charge is -2.23. The number of hydrogen-bond donors (Lipinski definition) is 0. The number of ketones is 3. The lowest BCUT2D eigenvalue weighted by molar-refractivity contribution is 0.0689. The highest BCUT2D eigenvalue weighted by Crippen LogP contribution is 2.28. The van der Waals surface area contributed by atoms with E-state index in [1.807, 2.05) is 0 Å². The van der Waals surface area contributed by atoms with Gasteiger partial charge in [-0.3, -0.25) is 14.4 Å². The van der Waals surface area contributed by atoms with Crippen molar-refractivity contribution in [3.63, 3.8) is 0 Å². The lowest BCUT2D eigenvalue weighted by Crippen LogP contribution is -2.52. The molecule has 0 aliphatic rings. The van der Waals surface area contributed by atoms with Crippen molar-refractivity contribution >= 4 is 17.3 Å². The van der Waals surface area contributed by atoms with Crippen molar-refractivity contribution in [3.8, 4) is 0 Å². The summed E-state index contributed by atoms with van der Waals surface area (Å²) in [6, 6.07) is 23.6. The fourth-order valence-corrected chi connectivity index (χ4v) is 2.84. The SMILES string of the molecule is [N]=NC(C(=O)c1ccccc1)(C(=O)c1ccccc1)C(=O)c1ccccc1. The third-order valence-corrected chi connectivity index (χ3v) is 4.24. The first kappa shape index (κ1) is 18.1. The second-order valence-corrected chi connectivity index (χ2v) is 5.90. The maximum Gasteiger partial charge on any atom is 0.270 e. The van der Waals surface area contributed by atoms with Crippen molar-refractivity contribution in [2.45, 2.75) is 5.54 Å². The monoisotopic (exact) mass is 355 g/mol. The topological polar surface area (TPSA) is 85.9 Å². The molecule has 3 aromatic rings. The minimum Gasteiger partial charge on any atom is -0.290 e. The highest BCUT2D eigenvalue weighted by molar-refractivity contribution is 6.40. The molecule has 0 bridgehead atoms. The summed E-state index contributed by atoms with van der Waals surface area (Å²) in [4.78, 5) is 39.7. The van der Waals surface area contributed by atoms with E-state index < -0.39 is 22.9 Å². The molecular weight excluding hydrogens is 340 g/mol. The van der Waals surface area contributed by atoms with Crippen LogP contribution >= 0.6 is 0 Å². The Balaban J connectivity index is 2.21. The predicted molar refractivity (Wildman–Crippen MR) is 99.6 cm³/mol. The van der Waals surface area contributed by atoms with Crippen LogP contribution in [0.25, 0.3) is 0 Å². The molecule has 3 aromatic carbocycles. The summed E-state index contributed by atoms with van der Waals surface area (Å²) < 4.78 is 0. The summed E-state index contributed by atoms with van der Waals surface area (Å²) in [7, 11) is 0. The Labute approximate surface area is 156 Å². The van der Waals surface area contributed by atoms with Crippen LogP contribution < -0.4 is 5.53 Å². The van der Waals surface area contributed by atoms with Crippen molar-refractivity contribution in [2.24, 2.45) is 5.11 Å². The molecule has 1 radical (unpaired) electrons. The van der Waals surface area contributed by atoms with Crippen molar-refractivity contribution in [3.05, 3.63) is 108 Å². The third-order valence-electron chi connectivity index (χ3n) is 4.24. The molecule has 27 heavy (non-hydrogen) atoms. The van der Waals surface area contributed by atoms with Crippen LogP contribution in [0.5, 0.6) is 0 Å². The van der Waals surface area contributed by atoms with Gasteiger partial charge in [-0.2, -0.15) is 0 Å². The predicted octanol–water partition coefficient (Wildman–Crippen LogP) is 3.63. The number of nitrogens with zero attached hydrogens (tertiary/aromatic N) is 2. The van der Waals surface area contributed by atoms with Crippen molar-refractivity contribution in [1.29, 1.82) is 0 Å². The van der Waals surface area contributed by atoms with Gasteiger partial charge >= 0.3 is 0 Å². The third kappa shape index (κ3) is 3.22. The van der Waals surface area contributed by atoms with Crippen LogP contribution in [0.1, 0.15) is 31.1 Å². The molecule has 0 fully saturated rings. The zero-order valence-electron chi connectivity index (χ0n) is 14.3. The lowest BCUT2D eigenvalue weighted by atomic mass is 9.77. The molecule has 3 rings (SSSR count). The molecule has 0 heterocycles. The zero-order chi connectivity index (χ0) is 19.3. The van der Waals surface area contributed by atoms with Crippen LogP contribution in [0.4, 0.5) is 0 Å². The van der Waals surface area contributed by atoms with E-state index in [9.17, 15) is 19.9 Å². The van der Waals surface area contributed by atoms with Crippen LogP contribution in [0.15, 0.2) is 96.1 Å². The van der Waals surface area contributed by atoms with E-state index in [-0.39, 0.29) is 16.7 Å². The van der Waals surface area contributed by atoms with Crippen LogP contribution in [0.3, 0.4) is 0 Å². The second kappa shape index (κ2) is 7.66. The Morgan fingerprint density at radius 3 is 1.04 bits per heavy atom. The number of rotatable bonds is 7. The van der Waals surface area contributed by atoms with E-state index >= 15 is 0 Å². The van der Waals surface area contributed by atoms with Crippen LogP contribution in [-0.4, -0.2) is 22.9 Å². The molecule has 131 valence electrons. The van der Waals surface area contributed by atoms with E-state index in [2.05, 4.69) is 5.11 Å². The molecule has 0 unspecified atom stereocenters. The quantitative estimate of drug-likeness (QED) is 0.368. The summed E-state index contributed by atoms with van der Waals surface area (Å²) >= 11 is 0. The first-order valence-electron chi connectivity index (χ1n) is 8.27. The highest BCUT2D eigenvalue weighted by Gasteiger charge is 2.54. The van der Waals surface area contributed by atoms with E-state index in [0.717, 1.165) is 0 Å². The average molecular weight is 355 g/mol. The van der Waals surface area contributed by atoms with Gasteiger partial charge in [-0.25, -0.2) is 0 Å². The van der Waals surface area contributed by atoms with E-state index in [4.69, 9.17) is 0 Å². The van der Waals surface area contributed by atoms with E-state index in [1.54, 1.807) is 54.6 Å². The molecule has 0 saturated carbocycles. The Morgan fingerprint density at radius 1 is 0.556 bits per heavy atom. The first-order valence-corrected chi connectivity index (χ1v) is 8.27. The number of hydrogen-bond acceptors (Lipinski definition) is 4. The minimum absolute atomic E-state index is 0.101. The van der Waals surface area contributed by atoms with Gasteiger partial charge in [0.05, 0.1) is 0 Å². The summed E-state index contributed by atoms with van der Waals surface area (Å²) in [5.41, 5.74) is 7.53.